The van der Waals surface area contributed by atoms with Crippen LogP contribution in [0.2, 0.25) is 0 Å². The van der Waals surface area contributed by atoms with E-state index in [-0.39, 0.29) is 0 Å². The van der Waals surface area contributed by atoms with Gasteiger partial charge in [-0.1, -0.05) is 78.6 Å². The lowest BCUT2D eigenvalue weighted by Gasteiger charge is -2.28. The van der Waals surface area contributed by atoms with Gasteiger partial charge in [-0.2, -0.15) is 0 Å². The quantitative estimate of drug-likeness (QED) is 0.235. The molecule has 190 valence electrons. The number of rotatable bonds is 15. The average Bonchev–Trinajstić information content (AvgIpc) is 3.35. The predicted molar refractivity (Wildman–Crippen MR) is 144 cm³/mol. The fourth-order valence-corrected chi connectivity index (χ4v) is 7.23. The Bertz CT molecular complexity index is 613. The van der Waals surface area contributed by atoms with Crippen LogP contribution in [0.1, 0.15) is 158 Å². The third-order valence-corrected chi connectivity index (χ3v) is 9.99. The molecule has 1 aromatic rings. The zero-order valence-corrected chi connectivity index (χ0v) is 23.0. The van der Waals surface area contributed by atoms with Crippen LogP contribution in [0.15, 0.2) is 6.20 Å². The Labute approximate surface area is 209 Å². The highest BCUT2D eigenvalue weighted by Crippen LogP contribution is 2.42. The van der Waals surface area contributed by atoms with Crippen LogP contribution in [-0.2, 0) is 4.74 Å². The average molecular weight is 476 g/mol. The molecule has 0 saturated heterocycles. The second-order valence-electron chi connectivity index (χ2n) is 11.4. The van der Waals surface area contributed by atoms with E-state index >= 15 is 0 Å². The lowest BCUT2D eigenvalue weighted by Crippen LogP contribution is -2.21. The van der Waals surface area contributed by atoms with Crippen molar-refractivity contribution >= 4 is 11.3 Å². The lowest BCUT2D eigenvalue weighted by molar-refractivity contribution is 0.0225. The molecule has 2 fully saturated rings. The zero-order chi connectivity index (χ0) is 23.3. The molecule has 2 aliphatic carbocycles. The van der Waals surface area contributed by atoms with Crippen molar-refractivity contribution in [3.63, 3.8) is 0 Å². The Morgan fingerprint density at radius 1 is 0.879 bits per heavy atom. The second kappa shape index (κ2) is 15.6. The number of hydrogen-bond donors (Lipinski definition) is 0. The maximum Gasteiger partial charge on any atom is 0.0958 e. The Hall–Kier alpha value is -0.410. The van der Waals surface area contributed by atoms with Crippen LogP contribution < -0.4 is 0 Å². The third kappa shape index (κ3) is 9.63. The van der Waals surface area contributed by atoms with Gasteiger partial charge in [-0.3, -0.25) is 0 Å². The van der Waals surface area contributed by atoms with Crippen molar-refractivity contribution in [3.8, 4) is 0 Å². The molecule has 1 aromatic heterocycles. The number of unbranched alkanes of at least 4 members (excludes halogenated alkanes) is 5. The Kier molecular flexibility index (Phi) is 12.8. The molecular weight excluding hydrogens is 422 g/mol. The molecule has 2 nitrogen and oxygen atoms in total. The van der Waals surface area contributed by atoms with Crippen LogP contribution in [0.3, 0.4) is 0 Å². The number of ether oxygens (including phenoxy) is 1. The summed E-state index contributed by atoms with van der Waals surface area (Å²) in [6.45, 7) is 7.96. The first-order chi connectivity index (χ1) is 16.2. The summed E-state index contributed by atoms with van der Waals surface area (Å²) in [7, 11) is 0. The first-order valence-corrected chi connectivity index (χ1v) is 15.6. The summed E-state index contributed by atoms with van der Waals surface area (Å²) in [5, 5.41) is 1.43. The van der Waals surface area contributed by atoms with Crippen LogP contribution >= 0.6 is 11.3 Å². The number of hydrogen-bond acceptors (Lipinski definition) is 3. The van der Waals surface area contributed by atoms with Gasteiger partial charge in [-0.05, 0) is 75.5 Å². The molecule has 1 heterocycles. The summed E-state index contributed by atoms with van der Waals surface area (Å²) in [5.41, 5.74) is 0. The van der Waals surface area contributed by atoms with E-state index in [4.69, 9.17) is 9.72 Å². The second-order valence-corrected chi connectivity index (χ2v) is 12.5. The SMILES string of the molecule is CCCCCCC1CCC(c2cnc(C3CCC(OCCCCCC(C)CC)CC3)s2)CC1. The van der Waals surface area contributed by atoms with Gasteiger partial charge in [0, 0.05) is 23.6 Å². The van der Waals surface area contributed by atoms with Gasteiger partial charge in [0.05, 0.1) is 11.1 Å². The summed E-state index contributed by atoms with van der Waals surface area (Å²) >= 11 is 2.05. The topological polar surface area (TPSA) is 22.1 Å². The Morgan fingerprint density at radius 3 is 2.33 bits per heavy atom. The predicted octanol–water partition coefficient (Wildman–Crippen LogP) is 10.0. The van der Waals surface area contributed by atoms with Crippen LogP contribution in [0.25, 0.3) is 0 Å². The van der Waals surface area contributed by atoms with E-state index in [0.717, 1.165) is 24.4 Å². The molecule has 0 bridgehead atoms. The maximum absolute atomic E-state index is 6.24. The normalized spacial score (nSPS) is 27.0. The molecule has 1 unspecified atom stereocenters. The highest BCUT2D eigenvalue weighted by atomic mass is 32.1. The molecule has 0 amide bonds. The maximum atomic E-state index is 6.24. The van der Waals surface area contributed by atoms with Crippen molar-refractivity contribution in [1.82, 2.24) is 4.98 Å². The number of aromatic nitrogens is 1. The van der Waals surface area contributed by atoms with Gasteiger partial charge in [0.25, 0.3) is 0 Å². The van der Waals surface area contributed by atoms with Crippen molar-refractivity contribution in [3.05, 3.63) is 16.1 Å². The summed E-state index contributed by atoms with van der Waals surface area (Å²) < 4.78 is 6.24. The fraction of sp³-hybridized carbons (Fsp3) is 0.900. The lowest BCUT2D eigenvalue weighted by atomic mass is 9.79. The van der Waals surface area contributed by atoms with E-state index in [2.05, 4.69) is 38.3 Å². The molecule has 33 heavy (non-hydrogen) atoms. The molecule has 0 radical (unpaired) electrons. The molecular formula is C30H53NOS. The van der Waals surface area contributed by atoms with E-state index in [9.17, 15) is 0 Å². The standard InChI is InChI=1S/C30H53NOS/c1-4-6-7-10-13-25-14-16-26(17-15-25)29-23-31-30(33-29)27-18-20-28(21-19-27)32-22-11-8-9-12-24(3)5-2/h23-28H,4-22H2,1-3H3. The molecule has 0 N–H and O–H groups in total. The van der Waals surface area contributed by atoms with Crippen LogP contribution in [-0.4, -0.2) is 17.7 Å². The highest BCUT2D eigenvalue weighted by molar-refractivity contribution is 7.11. The summed E-state index contributed by atoms with van der Waals surface area (Å²) in [5.74, 6) is 3.38. The fourth-order valence-electron chi connectivity index (χ4n) is 5.98. The molecule has 0 spiro atoms. The van der Waals surface area contributed by atoms with Gasteiger partial charge in [-0.25, -0.2) is 4.98 Å². The van der Waals surface area contributed by atoms with E-state index < -0.39 is 0 Å². The van der Waals surface area contributed by atoms with Crippen molar-refractivity contribution < 1.29 is 4.74 Å². The first-order valence-electron chi connectivity index (χ1n) is 14.8. The third-order valence-electron chi connectivity index (χ3n) is 8.67. The van der Waals surface area contributed by atoms with Crippen molar-refractivity contribution in [2.75, 3.05) is 6.61 Å². The summed E-state index contributed by atoms with van der Waals surface area (Å²) in [6.07, 6.45) is 27.3. The van der Waals surface area contributed by atoms with E-state index in [0.29, 0.717) is 12.0 Å². The Balaban J connectivity index is 1.29. The smallest absolute Gasteiger partial charge is 0.0958 e. The van der Waals surface area contributed by atoms with Crippen molar-refractivity contribution in [2.24, 2.45) is 11.8 Å². The van der Waals surface area contributed by atoms with Gasteiger partial charge >= 0.3 is 0 Å². The van der Waals surface area contributed by atoms with Crippen LogP contribution in [0, 0.1) is 11.8 Å². The van der Waals surface area contributed by atoms with Gasteiger partial charge < -0.3 is 4.74 Å². The summed E-state index contributed by atoms with van der Waals surface area (Å²) in [4.78, 5) is 6.51. The molecule has 2 saturated carbocycles. The van der Waals surface area contributed by atoms with Crippen molar-refractivity contribution in [2.45, 2.75) is 154 Å². The first kappa shape index (κ1) is 27.2. The molecule has 3 rings (SSSR count). The van der Waals surface area contributed by atoms with Gasteiger partial charge in [0.15, 0.2) is 0 Å². The molecule has 3 heteroatoms. The van der Waals surface area contributed by atoms with Gasteiger partial charge in [0.2, 0.25) is 0 Å². The summed E-state index contributed by atoms with van der Waals surface area (Å²) in [6, 6.07) is 0. The minimum atomic E-state index is 0.503. The molecule has 1 atom stereocenters. The molecule has 0 aliphatic heterocycles. The largest absolute Gasteiger partial charge is 0.378 e. The molecule has 0 aromatic carbocycles. The van der Waals surface area contributed by atoms with Crippen molar-refractivity contribution in [1.29, 1.82) is 0 Å². The zero-order valence-electron chi connectivity index (χ0n) is 22.2. The van der Waals surface area contributed by atoms with E-state index in [1.807, 2.05) is 0 Å². The van der Waals surface area contributed by atoms with Gasteiger partial charge in [-0.15, -0.1) is 11.3 Å². The highest BCUT2D eigenvalue weighted by Gasteiger charge is 2.27. The van der Waals surface area contributed by atoms with Crippen LogP contribution in [0.5, 0.6) is 0 Å². The van der Waals surface area contributed by atoms with E-state index in [1.165, 1.54) is 121 Å². The van der Waals surface area contributed by atoms with E-state index in [1.54, 1.807) is 4.88 Å². The minimum Gasteiger partial charge on any atom is -0.378 e. The Morgan fingerprint density at radius 2 is 1.61 bits per heavy atom. The van der Waals surface area contributed by atoms with Crippen LogP contribution in [0.4, 0.5) is 0 Å². The van der Waals surface area contributed by atoms with Gasteiger partial charge in [0.1, 0.15) is 0 Å². The number of nitrogens with zero attached hydrogens (tertiary/aromatic N) is 1. The minimum absolute atomic E-state index is 0.503. The molecule has 2 aliphatic rings. The number of thiazole rings is 1. The monoisotopic (exact) mass is 475 g/mol.